The molecule has 0 aromatic heterocycles. The average molecular weight is 251 g/mol. The maximum Gasteiger partial charge on any atom is 0.260 e. The number of nitrogens with one attached hydrogen (secondary N) is 1. The normalized spacial score (nSPS) is 23.7. The summed E-state index contributed by atoms with van der Waals surface area (Å²) in [5, 5.41) is 2.90. The number of ether oxygens (including phenoxy) is 1. The van der Waals surface area contributed by atoms with Crippen LogP contribution in [-0.2, 0) is 9.53 Å². The fourth-order valence-electron chi connectivity index (χ4n) is 2.41. The molecule has 0 saturated carbocycles. The molecule has 0 atom stereocenters. The molecule has 0 unspecified atom stereocenters. The zero-order chi connectivity index (χ0) is 13.8. The highest BCUT2D eigenvalue weighted by Gasteiger charge is 2.35. The predicted octanol–water partition coefficient (Wildman–Crippen LogP) is -0.0660. The number of rotatable bonds is 0. The summed E-state index contributed by atoms with van der Waals surface area (Å²) in [6, 6.07) is 5.97. The minimum atomic E-state index is -0.337. The molecule has 0 aliphatic carbocycles. The zero-order valence-electron chi connectivity index (χ0n) is 11.6. The molecule has 1 amide bonds. The second-order valence-corrected chi connectivity index (χ2v) is 5.68. The monoisotopic (exact) mass is 251 g/mol. The zero-order valence-corrected chi connectivity index (χ0v) is 11.6. The molecule has 2 heterocycles. The SMILES string of the molecule is BC1=C/C(=C2\C(=O)Nc3cc(B)ccc32)OC1(C)C. The van der Waals surface area contributed by atoms with Crippen LogP contribution in [0.2, 0.25) is 0 Å². The standard InChI is InChI=1S/C14H15B2NO2/c1-14(2)11(16)6-10(19-14)12-8-4-3-7(15)5-9(8)17-13(12)18/h3-6H,15-16H2,1-2H3,(H,17,18)/b12-10+. The summed E-state index contributed by atoms with van der Waals surface area (Å²) in [6.07, 6.45) is 1.96. The number of allylic oxidation sites excluding steroid dienone is 1. The summed E-state index contributed by atoms with van der Waals surface area (Å²) in [6.45, 7) is 4.02. The minimum Gasteiger partial charge on any atom is -0.484 e. The fraction of sp³-hybridized carbons (Fsp3) is 0.214. The average Bonchev–Trinajstić information content (AvgIpc) is 2.75. The highest BCUT2D eigenvalue weighted by molar-refractivity contribution is 6.36. The molecule has 5 heteroatoms. The van der Waals surface area contributed by atoms with Crippen molar-refractivity contribution in [3.05, 3.63) is 41.1 Å². The van der Waals surface area contributed by atoms with Crippen LogP contribution in [0.3, 0.4) is 0 Å². The highest BCUT2D eigenvalue weighted by atomic mass is 16.5. The molecule has 19 heavy (non-hydrogen) atoms. The van der Waals surface area contributed by atoms with Crippen molar-refractivity contribution in [2.24, 2.45) is 0 Å². The molecule has 1 aromatic rings. The Bertz CT molecular complexity index is 659. The van der Waals surface area contributed by atoms with Crippen LogP contribution in [0.1, 0.15) is 19.4 Å². The number of hydrogen-bond acceptors (Lipinski definition) is 2. The summed E-state index contributed by atoms with van der Waals surface area (Å²) in [5.74, 6) is 0.583. The number of hydrogen-bond donors (Lipinski definition) is 1. The van der Waals surface area contributed by atoms with Crippen molar-refractivity contribution >= 4 is 38.3 Å². The lowest BCUT2D eigenvalue weighted by Crippen LogP contribution is -2.22. The minimum absolute atomic E-state index is 0.0858. The first-order valence-electron chi connectivity index (χ1n) is 6.43. The van der Waals surface area contributed by atoms with Crippen LogP contribution >= 0.6 is 0 Å². The van der Waals surface area contributed by atoms with Gasteiger partial charge in [0.1, 0.15) is 27.1 Å². The number of carbonyl (C=O) groups is 1. The molecule has 0 fully saturated rings. The van der Waals surface area contributed by atoms with E-state index in [2.05, 4.69) is 5.32 Å². The van der Waals surface area contributed by atoms with E-state index in [1.165, 1.54) is 0 Å². The Morgan fingerprint density at radius 2 is 2.00 bits per heavy atom. The molecule has 2 aliphatic heterocycles. The highest BCUT2D eigenvalue weighted by Crippen LogP contribution is 2.39. The maximum atomic E-state index is 12.2. The van der Waals surface area contributed by atoms with E-state index in [4.69, 9.17) is 4.74 Å². The molecule has 0 spiro atoms. The lowest BCUT2D eigenvalue weighted by Gasteiger charge is -2.21. The smallest absolute Gasteiger partial charge is 0.260 e. The Kier molecular flexibility index (Phi) is 2.43. The van der Waals surface area contributed by atoms with Gasteiger partial charge in [0.25, 0.3) is 5.91 Å². The van der Waals surface area contributed by atoms with E-state index in [1.54, 1.807) is 0 Å². The summed E-state index contributed by atoms with van der Waals surface area (Å²) in [7, 11) is 4.03. The topological polar surface area (TPSA) is 38.3 Å². The number of benzene rings is 1. The molecule has 0 bridgehead atoms. The lowest BCUT2D eigenvalue weighted by molar-refractivity contribution is -0.111. The quantitative estimate of drug-likeness (QED) is 0.518. The van der Waals surface area contributed by atoms with Crippen molar-refractivity contribution in [3.63, 3.8) is 0 Å². The molecule has 1 aromatic carbocycles. The Balaban J connectivity index is 2.16. The third-order valence-corrected chi connectivity index (χ3v) is 3.83. The molecule has 0 radical (unpaired) electrons. The fourth-order valence-corrected chi connectivity index (χ4v) is 2.41. The van der Waals surface area contributed by atoms with Gasteiger partial charge in [-0.05, 0) is 26.0 Å². The Morgan fingerprint density at radius 1 is 1.26 bits per heavy atom. The van der Waals surface area contributed by atoms with Gasteiger partial charge in [0.05, 0.1) is 5.57 Å². The van der Waals surface area contributed by atoms with Gasteiger partial charge in [-0.3, -0.25) is 4.79 Å². The molecular weight excluding hydrogens is 236 g/mol. The Hall–Kier alpha value is -1.90. The third kappa shape index (κ3) is 1.81. The van der Waals surface area contributed by atoms with E-state index < -0.39 is 0 Å². The molecule has 1 N–H and O–H groups in total. The van der Waals surface area contributed by atoms with Crippen LogP contribution in [0.15, 0.2) is 35.5 Å². The second-order valence-electron chi connectivity index (χ2n) is 5.68. The van der Waals surface area contributed by atoms with Crippen molar-refractivity contribution in [2.75, 3.05) is 5.32 Å². The Morgan fingerprint density at radius 3 is 2.63 bits per heavy atom. The molecule has 3 nitrogen and oxygen atoms in total. The molecule has 3 rings (SSSR count). The summed E-state index contributed by atoms with van der Waals surface area (Å²) >= 11 is 0. The first-order valence-corrected chi connectivity index (χ1v) is 6.43. The van der Waals surface area contributed by atoms with Crippen LogP contribution in [0.5, 0.6) is 0 Å². The summed E-state index contributed by atoms with van der Waals surface area (Å²) in [4.78, 5) is 12.2. The molecule has 2 aliphatic rings. The van der Waals surface area contributed by atoms with E-state index in [9.17, 15) is 4.79 Å². The number of amides is 1. The molecule has 0 saturated heterocycles. The van der Waals surface area contributed by atoms with Crippen LogP contribution < -0.4 is 10.8 Å². The molecular formula is C14H15B2NO2. The number of carbonyl (C=O) groups excluding carboxylic acids is 1. The van der Waals surface area contributed by atoms with Gasteiger partial charge >= 0.3 is 0 Å². The van der Waals surface area contributed by atoms with Crippen molar-refractivity contribution in [2.45, 2.75) is 19.4 Å². The van der Waals surface area contributed by atoms with Gasteiger partial charge in [-0.15, -0.1) is 0 Å². The van der Waals surface area contributed by atoms with Gasteiger partial charge in [-0.25, -0.2) is 0 Å². The first kappa shape index (κ1) is 12.2. The summed E-state index contributed by atoms with van der Waals surface area (Å²) < 4.78 is 5.93. The van der Waals surface area contributed by atoms with Crippen molar-refractivity contribution < 1.29 is 9.53 Å². The van der Waals surface area contributed by atoms with Gasteiger partial charge in [0, 0.05) is 11.3 Å². The van der Waals surface area contributed by atoms with E-state index >= 15 is 0 Å². The van der Waals surface area contributed by atoms with Crippen LogP contribution in [0.4, 0.5) is 5.69 Å². The molecule has 94 valence electrons. The largest absolute Gasteiger partial charge is 0.484 e. The van der Waals surface area contributed by atoms with Crippen molar-refractivity contribution in [3.8, 4) is 0 Å². The van der Waals surface area contributed by atoms with Crippen LogP contribution in [0.25, 0.3) is 5.57 Å². The van der Waals surface area contributed by atoms with Crippen LogP contribution in [-0.4, -0.2) is 27.2 Å². The number of fused-ring (bicyclic) bond motifs is 1. The van der Waals surface area contributed by atoms with Crippen LogP contribution in [0, 0.1) is 0 Å². The van der Waals surface area contributed by atoms with Crippen molar-refractivity contribution in [1.82, 2.24) is 0 Å². The van der Waals surface area contributed by atoms with E-state index in [0.29, 0.717) is 11.3 Å². The predicted molar refractivity (Wildman–Crippen MR) is 82.0 cm³/mol. The van der Waals surface area contributed by atoms with Gasteiger partial charge in [0.2, 0.25) is 0 Å². The van der Waals surface area contributed by atoms with Gasteiger partial charge in [0.15, 0.2) is 0 Å². The Labute approximate surface area is 114 Å². The van der Waals surface area contributed by atoms with Crippen molar-refractivity contribution in [1.29, 1.82) is 0 Å². The van der Waals surface area contributed by atoms with E-state index in [1.807, 2.05) is 53.8 Å². The third-order valence-electron chi connectivity index (χ3n) is 3.83. The lowest BCUT2D eigenvalue weighted by atomic mass is 9.83. The van der Waals surface area contributed by atoms with Gasteiger partial charge < -0.3 is 10.1 Å². The summed E-state index contributed by atoms with van der Waals surface area (Å²) in [5.41, 5.74) is 4.35. The number of anilines is 1. The van der Waals surface area contributed by atoms with Gasteiger partial charge in [-0.1, -0.05) is 23.1 Å². The van der Waals surface area contributed by atoms with E-state index in [-0.39, 0.29) is 11.5 Å². The van der Waals surface area contributed by atoms with E-state index in [0.717, 1.165) is 22.2 Å². The first-order chi connectivity index (χ1) is 8.88. The second kappa shape index (κ2) is 3.80. The van der Waals surface area contributed by atoms with Gasteiger partial charge in [-0.2, -0.15) is 0 Å². The maximum absolute atomic E-state index is 12.2.